The monoisotopic (exact) mass is 230 g/mol. The largest absolute Gasteiger partial charge is 0.0619 e. The summed E-state index contributed by atoms with van der Waals surface area (Å²) in [5.41, 5.74) is 7.09. The maximum absolute atomic E-state index is 2.36. The average molecular weight is 230 g/mol. The minimum Gasteiger partial charge on any atom is -0.0619 e. The number of rotatable bonds is 0. The van der Waals surface area contributed by atoms with Crippen molar-refractivity contribution in [2.75, 3.05) is 0 Å². The Kier molecular flexibility index (Phi) is 1.90. The summed E-state index contributed by atoms with van der Waals surface area (Å²) in [6, 6.07) is 20.1. The fraction of sp³-hybridized carbons (Fsp3) is 0.111. The molecule has 0 heterocycles. The molecule has 0 atom stereocenters. The highest BCUT2D eigenvalue weighted by Gasteiger charge is 2.17. The van der Waals surface area contributed by atoms with Gasteiger partial charge in [0.25, 0.3) is 0 Å². The topological polar surface area (TPSA) is 0 Å². The molecule has 0 aliphatic heterocycles. The van der Waals surface area contributed by atoms with Crippen molar-refractivity contribution in [3.05, 3.63) is 71.3 Å². The van der Waals surface area contributed by atoms with E-state index >= 15 is 0 Å². The van der Waals surface area contributed by atoms with E-state index in [-0.39, 0.29) is 0 Å². The summed E-state index contributed by atoms with van der Waals surface area (Å²) >= 11 is 0. The lowest BCUT2D eigenvalue weighted by atomic mass is 9.99. The van der Waals surface area contributed by atoms with E-state index < -0.39 is 0 Å². The fourth-order valence-electron chi connectivity index (χ4n) is 3.00. The Morgan fingerprint density at radius 1 is 0.722 bits per heavy atom. The molecule has 0 amide bonds. The summed E-state index contributed by atoms with van der Waals surface area (Å²) in [6.45, 7) is 2.15. The van der Waals surface area contributed by atoms with Gasteiger partial charge in [0.2, 0.25) is 0 Å². The van der Waals surface area contributed by atoms with Gasteiger partial charge in [-0.25, -0.2) is 0 Å². The molecule has 0 fully saturated rings. The molecule has 18 heavy (non-hydrogen) atoms. The number of fused-ring (bicyclic) bond motifs is 4. The Morgan fingerprint density at radius 2 is 1.61 bits per heavy atom. The molecule has 4 rings (SSSR count). The number of hydrogen-bond acceptors (Lipinski definition) is 0. The third kappa shape index (κ3) is 1.32. The normalized spacial score (nSPS) is 12.5. The van der Waals surface area contributed by atoms with Gasteiger partial charge in [0.05, 0.1) is 0 Å². The van der Waals surface area contributed by atoms with Gasteiger partial charge in [-0.2, -0.15) is 0 Å². The van der Waals surface area contributed by atoms with Crippen molar-refractivity contribution in [2.45, 2.75) is 13.3 Å². The van der Waals surface area contributed by atoms with Gasteiger partial charge >= 0.3 is 0 Å². The van der Waals surface area contributed by atoms with Gasteiger partial charge in [-0.15, -0.1) is 0 Å². The Balaban J connectivity index is 2.04. The summed E-state index contributed by atoms with van der Waals surface area (Å²) in [5, 5.41) is 2.71. The van der Waals surface area contributed by atoms with E-state index in [1.807, 2.05) is 0 Å². The Labute approximate surface area is 107 Å². The van der Waals surface area contributed by atoms with E-state index in [4.69, 9.17) is 0 Å². The lowest BCUT2D eigenvalue weighted by Gasteiger charge is -2.05. The molecule has 0 bridgehead atoms. The van der Waals surface area contributed by atoms with Crippen LogP contribution in [-0.2, 0) is 6.42 Å². The molecule has 86 valence electrons. The average Bonchev–Trinajstić information content (AvgIpc) is 2.73. The van der Waals surface area contributed by atoms with Crippen molar-refractivity contribution >= 4 is 10.8 Å². The number of aryl methyl sites for hydroxylation is 1. The van der Waals surface area contributed by atoms with Gasteiger partial charge in [-0.05, 0) is 52.4 Å². The minimum atomic E-state index is 1.08. The van der Waals surface area contributed by atoms with Gasteiger partial charge < -0.3 is 0 Å². The standard InChI is InChI=1S/C18H14/c1-12-6-7-13-11-18-16(10-15(13)8-12)9-14-4-2-3-5-17(14)18/h2-8,10-11H,9H2,1H3. The smallest absolute Gasteiger partial charge is 0.00132 e. The summed E-state index contributed by atoms with van der Waals surface area (Å²) in [7, 11) is 0. The van der Waals surface area contributed by atoms with E-state index in [9.17, 15) is 0 Å². The van der Waals surface area contributed by atoms with Gasteiger partial charge in [0.1, 0.15) is 0 Å². The molecule has 0 radical (unpaired) electrons. The molecular weight excluding hydrogens is 216 g/mol. The van der Waals surface area contributed by atoms with Crippen molar-refractivity contribution < 1.29 is 0 Å². The first-order valence-electron chi connectivity index (χ1n) is 6.43. The summed E-state index contributed by atoms with van der Waals surface area (Å²) in [4.78, 5) is 0. The van der Waals surface area contributed by atoms with Gasteiger partial charge in [-0.3, -0.25) is 0 Å². The van der Waals surface area contributed by atoms with E-state index in [2.05, 4.69) is 61.5 Å². The predicted octanol–water partition coefficient (Wildman–Crippen LogP) is 4.72. The van der Waals surface area contributed by atoms with E-state index in [1.54, 1.807) is 0 Å². The van der Waals surface area contributed by atoms with Crippen molar-refractivity contribution in [1.82, 2.24) is 0 Å². The molecule has 1 aliphatic carbocycles. The lowest BCUT2D eigenvalue weighted by Crippen LogP contribution is -1.82. The lowest BCUT2D eigenvalue weighted by molar-refractivity contribution is 1.27. The third-order valence-electron chi connectivity index (χ3n) is 3.91. The summed E-state index contributed by atoms with van der Waals surface area (Å²) in [6.07, 6.45) is 1.08. The zero-order valence-electron chi connectivity index (χ0n) is 10.4. The summed E-state index contributed by atoms with van der Waals surface area (Å²) in [5.74, 6) is 0. The Morgan fingerprint density at radius 3 is 2.56 bits per heavy atom. The molecule has 1 aliphatic rings. The first kappa shape index (κ1) is 9.90. The van der Waals surface area contributed by atoms with Crippen molar-refractivity contribution in [2.24, 2.45) is 0 Å². The van der Waals surface area contributed by atoms with Crippen LogP contribution in [0.2, 0.25) is 0 Å². The van der Waals surface area contributed by atoms with E-state index in [1.165, 1.54) is 38.6 Å². The molecular formula is C18H14. The van der Waals surface area contributed by atoms with Crippen LogP contribution < -0.4 is 0 Å². The van der Waals surface area contributed by atoms with Crippen molar-refractivity contribution in [3.8, 4) is 11.1 Å². The first-order chi connectivity index (χ1) is 8.81. The van der Waals surface area contributed by atoms with Crippen LogP contribution in [0.3, 0.4) is 0 Å². The highest BCUT2D eigenvalue weighted by Crippen LogP contribution is 2.38. The second kappa shape index (κ2) is 3.46. The predicted molar refractivity (Wildman–Crippen MR) is 76.9 cm³/mol. The molecule has 0 aromatic heterocycles. The fourth-order valence-corrected chi connectivity index (χ4v) is 3.00. The molecule has 0 heteroatoms. The maximum Gasteiger partial charge on any atom is -0.00132 e. The minimum absolute atomic E-state index is 1.08. The van der Waals surface area contributed by atoms with Crippen molar-refractivity contribution in [3.63, 3.8) is 0 Å². The highest BCUT2D eigenvalue weighted by atomic mass is 14.2. The van der Waals surface area contributed by atoms with Gasteiger partial charge in [0.15, 0.2) is 0 Å². The van der Waals surface area contributed by atoms with Crippen LogP contribution >= 0.6 is 0 Å². The van der Waals surface area contributed by atoms with E-state index in [0.29, 0.717) is 0 Å². The molecule has 0 spiro atoms. The molecule has 0 nitrogen and oxygen atoms in total. The van der Waals surface area contributed by atoms with Crippen LogP contribution in [0.1, 0.15) is 16.7 Å². The molecule has 0 unspecified atom stereocenters. The second-order valence-electron chi connectivity index (χ2n) is 5.19. The molecule has 0 N–H and O–H groups in total. The zero-order chi connectivity index (χ0) is 12.1. The molecule has 3 aromatic rings. The van der Waals surface area contributed by atoms with Crippen LogP contribution in [-0.4, -0.2) is 0 Å². The Bertz CT molecular complexity index is 766. The van der Waals surface area contributed by atoms with Crippen LogP contribution in [0.15, 0.2) is 54.6 Å². The van der Waals surface area contributed by atoms with Gasteiger partial charge in [0, 0.05) is 0 Å². The number of hydrogen-bond donors (Lipinski definition) is 0. The summed E-state index contributed by atoms with van der Waals surface area (Å²) < 4.78 is 0. The first-order valence-corrected chi connectivity index (χ1v) is 6.43. The number of benzene rings is 3. The molecule has 3 aromatic carbocycles. The van der Waals surface area contributed by atoms with Crippen LogP contribution in [0.25, 0.3) is 21.9 Å². The van der Waals surface area contributed by atoms with Gasteiger partial charge in [-0.1, -0.05) is 54.1 Å². The zero-order valence-corrected chi connectivity index (χ0v) is 10.4. The third-order valence-corrected chi connectivity index (χ3v) is 3.91. The van der Waals surface area contributed by atoms with Crippen LogP contribution in [0.4, 0.5) is 0 Å². The van der Waals surface area contributed by atoms with Crippen LogP contribution in [0.5, 0.6) is 0 Å². The molecule has 0 saturated heterocycles. The van der Waals surface area contributed by atoms with Crippen LogP contribution in [0, 0.1) is 6.92 Å². The quantitative estimate of drug-likeness (QED) is 0.410. The second-order valence-corrected chi connectivity index (χ2v) is 5.19. The SMILES string of the molecule is Cc1ccc2cc3c(cc2c1)Cc1ccccc1-3. The highest BCUT2D eigenvalue weighted by molar-refractivity contribution is 5.92. The Hall–Kier alpha value is -2.08. The maximum atomic E-state index is 2.36. The molecule has 0 saturated carbocycles. The van der Waals surface area contributed by atoms with Crippen molar-refractivity contribution in [1.29, 1.82) is 0 Å². The van der Waals surface area contributed by atoms with E-state index in [0.717, 1.165) is 6.42 Å².